The second-order valence-corrected chi connectivity index (χ2v) is 31.4. The number of para-hydroxylation sites is 2. The molecule has 0 atom stereocenters. The second-order valence-electron chi connectivity index (χ2n) is 31.4. The highest BCUT2D eigenvalue weighted by Crippen LogP contribution is 2.59. The van der Waals surface area contributed by atoms with Gasteiger partial charge in [0.1, 0.15) is 0 Å². The van der Waals surface area contributed by atoms with E-state index in [2.05, 4.69) is 294 Å². The molecule has 2 aliphatic rings. The van der Waals surface area contributed by atoms with Gasteiger partial charge in [0.05, 0.1) is 22.1 Å². The minimum absolute atomic E-state index is 0.183. The quantitative estimate of drug-likeness (QED) is 0.0395. The summed E-state index contributed by atoms with van der Waals surface area (Å²) in [7, 11) is 0. The third-order valence-electron chi connectivity index (χ3n) is 24.0. The number of fused-ring (bicyclic) bond motifs is 14. The topological polar surface area (TPSA) is 13.1 Å². The van der Waals surface area contributed by atoms with Crippen molar-refractivity contribution in [3.63, 3.8) is 0 Å². The molecule has 524 valence electrons. The largest absolute Gasteiger partial charge is 0.311 e. The van der Waals surface area contributed by atoms with Crippen molar-refractivity contribution in [3.8, 4) is 55.9 Å². The minimum Gasteiger partial charge on any atom is -0.311 e. The summed E-state index contributed by atoms with van der Waals surface area (Å²) in [5.74, 6) is 0. The van der Waals surface area contributed by atoms with Crippen molar-refractivity contribution in [2.24, 2.45) is 0 Å². The van der Waals surface area contributed by atoms with Crippen LogP contribution in [0.4, 0.5) is 17.1 Å². The van der Waals surface area contributed by atoms with Crippen molar-refractivity contribution in [2.75, 3.05) is 4.90 Å². The maximum Gasteiger partial charge on any atom is 0.0588 e. The number of rotatable bonds is 31. The molecule has 0 saturated carbocycles. The molecular weight excluding hydrogens is 1240 g/mol. The molecule has 2 heterocycles. The molecule has 0 unspecified atom stereocenters. The Bertz CT molecular complexity index is 5110. The number of aryl methyl sites for hydroxylation is 4. The van der Waals surface area contributed by atoms with Crippen LogP contribution in [0.25, 0.3) is 99.5 Å². The summed E-state index contributed by atoms with van der Waals surface area (Å²) in [6, 6.07) is 87.8. The minimum atomic E-state index is -0.216. The zero-order valence-corrected chi connectivity index (χ0v) is 63.2. The summed E-state index contributed by atoms with van der Waals surface area (Å²) in [6.07, 6.45) is 29.4. The van der Waals surface area contributed by atoms with Crippen molar-refractivity contribution in [1.82, 2.24) is 9.13 Å². The number of aromatic nitrogens is 2. The first kappa shape index (κ1) is 69.5. The average Bonchev–Trinajstić information content (AvgIpc) is 1.55. The third kappa shape index (κ3) is 13.2. The molecule has 0 spiro atoms. The Morgan fingerprint density at radius 3 is 1.39 bits per heavy atom. The number of nitrogens with zero attached hydrogens (tertiary/aromatic N) is 3. The fourth-order valence-corrected chi connectivity index (χ4v) is 18.7. The van der Waals surface area contributed by atoms with Gasteiger partial charge in [0, 0.05) is 60.8 Å². The molecule has 0 fully saturated rings. The highest BCUT2D eigenvalue weighted by atomic mass is 15.1. The van der Waals surface area contributed by atoms with Gasteiger partial charge in [-0.1, -0.05) is 314 Å². The molecular formula is C100H109N3. The molecule has 0 bridgehead atoms. The Morgan fingerprint density at radius 2 is 0.777 bits per heavy atom. The summed E-state index contributed by atoms with van der Waals surface area (Å²) >= 11 is 0. The smallest absolute Gasteiger partial charge is 0.0588 e. The van der Waals surface area contributed by atoms with Crippen molar-refractivity contribution in [1.29, 1.82) is 0 Å². The molecule has 0 N–H and O–H groups in total. The average molecular weight is 1350 g/mol. The zero-order chi connectivity index (χ0) is 70.6. The first-order valence-corrected chi connectivity index (χ1v) is 40.2. The number of benzene rings is 11. The Morgan fingerprint density at radius 1 is 0.320 bits per heavy atom. The van der Waals surface area contributed by atoms with E-state index in [4.69, 9.17) is 0 Å². The normalized spacial score (nSPS) is 13.4. The van der Waals surface area contributed by atoms with Crippen molar-refractivity contribution in [2.45, 2.75) is 220 Å². The lowest BCUT2D eigenvalue weighted by Crippen LogP contribution is -2.26. The van der Waals surface area contributed by atoms with Crippen LogP contribution < -0.4 is 4.90 Å². The van der Waals surface area contributed by atoms with E-state index in [1.165, 1.54) is 261 Å². The van der Waals surface area contributed by atoms with Gasteiger partial charge in [0.25, 0.3) is 0 Å². The number of hydrogen-bond donors (Lipinski definition) is 0. The molecule has 15 rings (SSSR count). The van der Waals surface area contributed by atoms with Gasteiger partial charge in [-0.3, -0.25) is 0 Å². The molecule has 3 nitrogen and oxygen atoms in total. The highest BCUT2D eigenvalue weighted by molar-refractivity contribution is 6.15. The van der Waals surface area contributed by atoms with Crippen LogP contribution in [0.1, 0.15) is 227 Å². The molecule has 2 aromatic heterocycles. The lowest BCUT2D eigenvalue weighted by molar-refractivity contribution is 0.399. The van der Waals surface area contributed by atoms with E-state index in [0.29, 0.717) is 0 Å². The molecule has 3 heteroatoms. The van der Waals surface area contributed by atoms with Gasteiger partial charge < -0.3 is 14.0 Å². The summed E-state index contributed by atoms with van der Waals surface area (Å²) in [5.41, 5.74) is 33.5. The first-order valence-electron chi connectivity index (χ1n) is 40.2. The number of anilines is 3. The summed E-state index contributed by atoms with van der Waals surface area (Å²) in [6.45, 7) is 18.9. The summed E-state index contributed by atoms with van der Waals surface area (Å²) in [4.78, 5) is 2.43. The van der Waals surface area contributed by atoms with Crippen LogP contribution in [0.15, 0.2) is 224 Å². The van der Waals surface area contributed by atoms with Crippen LogP contribution in [-0.4, -0.2) is 9.13 Å². The van der Waals surface area contributed by atoms with E-state index < -0.39 is 0 Å². The molecule has 11 aromatic carbocycles. The molecule has 103 heavy (non-hydrogen) atoms. The Kier molecular flexibility index (Phi) is 20.7. The molecule has 0 amide bonds. The van der Waals surface area contributed by atoms with Gasteiger partial charge in [0.2, 0.25) is 0 Å². The number of hydrogen-bond acceptors (Lipinski definition) is 1. The van der Waals surface area contributed by atoms with E-state index >= 15 is 0 Å². The Balaban J connectivity index is 0.927. The van der Waals surface area contributed by atoms with Gasteiger partial charge >= 0.3 is 0 Å². The first-order chi connectivity index (χ1) is 50.5. The number of unbranched alkanes of at least 4 members (excludes halogenated alkanes) is 16. The summed E-state index contributed by atoms with van der Waals surface area (Å²) in [5, 5.41) is 5.38. The maximum absolute atomic E-state index is 2.80. The van der Waals surface area contributed by atoms with Gasteiger partial charge in [-0.05, 0) is 209 Å². The van der Waals surface area contributed by atoms with Crippen LogP contribution in [0, 0.1) is 13.8 Å². The van der Waals surface area contributed by atoms with Crippen molar-refractivity contribution < 1.29 is 0 Å². The van der Waals surface area contributed by atoms with Gasteiger partial charge in [-0.2, -0.15) is 0 Å². The maximum atomic E-state index is 2.80. The zero-order valence-electron chi connectivity index (χ0n) is 63.2. The molecule has 0 aliphatic heterocycles. The van der Waals surface area contributed by atoms with E-state index in [1.54, 1.807) is 11.1 Å². The van der Waals surface area contributed by atoms with E-state index in [-0.39, 0.29) is 10.8 Å². The SMILES string of the molecule is CCCCCCCCC1(CCCCCCCC)c2cc(-c3cc(CCCCCC)c(-n4c5ccccc5c5ccc6c(c54)C(C)(C)c4cc(C)ccc4-6)cc3CCCCCC)ccc2-c2ccc3c4ccccc4n(-c4ccc(N(c5ccc(C)cc5)c5ccc(-c6ccccc6)cc5)cc4)c3c21. The predicted molar refractivity (Wildman–Crippen MR) is 446 cm³/mol. The highest BCUT2D eigenvalue weighted by Gasteiger charge is 2.46. The predicted octanol–water partition coefficient (Wildman–Crippen LogP) is 29.6. The van der Waals surface area contributed by atoms with E-state index in [9.17, 15) is 0 Å². The monoisotopic (exact) mass is 1350 g/mol. The van der Waals surface area contributed by atoms with Crippen LogP contribution in [0.2, 0.25) is 0 Å². The van der Waals surface area contributed by atoms with E-state index in [0.717, 1.165) is 42.7 Å². The molecule has 2 aliphatic carbocycles. The van der Waals surface area contributed by atoms with Crippen LogP contribution >= 0.6 is 0 Å². The second kappa shape index (κ2) is 30.6. The fraction of sp³-hybridized carbons (Fsp3) is 0.340. The molecule has 0 saturated heterocycles. The van der Waals surface area contributed by atoms with Crippen LogP contribution in [0.3, 0.4) is 0 Å². The Labute approximate surface area is 616 Å². The van der Waals surface area contributed by atoms with Crippen molar-refractivity contribution >= 4 is 60.7 Å². The van der Waals surface area contributed by atoms with Crippen LogP contribution in [-0.2, 0) is 23.7 Å². The van der Waals surface area contributed by atoms with Gasteiger partial charge in [-0.25, -0.2) is 0 Å². The Hall–Kier alpha value is -9.18. The van der Waals surface area contributed by atoms with Gasteiger partial charge in [-0.15, -0.1) is 0 Å². The fourth-order valence-electron chi connectivity index (χ4n) is 18.7. The van der Waals surface area contributed by atoms with E-state index in [1.807, 2.05) is 0 Å². The van der Waals surface area contributed by atoms with Crippen molar-refractivity contribution in [3.05, 3.63) is 269 Å². The third-order valence-corrected chi connectivity index (χ3v) is 24.0. The molecule has 0 radical (unpaired) electrons. The van der Waals surface area contributed by atoms with Crippen LogP contribution in [0.5, 0.6) is 0 Å². The lowest BCUT2D eigenvalue weighted by atomic mass is 9.69. The summed E-state index contributed by atoms with van der Waals surface area (Å²) < 4.78 is 5.47. The van der Waals surface area contributed by atoms with Gasteiger partial charge in [0.15, 0.2) is 0 Å². The lowest BCUT2D eigenvalue weighted by Gasteiger charge is -2.34. The molecule has 13 aromatic rings. The standard InChI is InChI=1S/C100H109N3/c1-9-13-17-21-23-34-64-100(65-35-24-22-18-14-10-2)91-68-75(89-67-76(39-27-20-16-12-4)94(69-74(89)38-26-19-15-11-3)103-93-43-33-31-41-84(93)87-62-60-85-81-58-46-71(6)66-90(81)99(7,8)95(85)97(87)103)49-59-82(91)86-61-63-88-83-40-30-32-42-92(83)102(98(88)96(86)100)80-56-54-79(55-57-80)101(77-50-44-70(5)45-51-77)78-52-47-73(48-53-78)72-36-28-25-29-37-72/h25,28-33,36-37,40-63,66-69H,9-24,26-27,34-35,38-39,64-65H2,1-8H3.